The minimum atomic E-state index is 0. The molecule has 0 radical (unpaired) electrons. The minimum absolute atomic E-state index is 0. The Bertz CT molecular complexity index is 41.9. The van der Waals surface area contributed by atoms with Gasteiger partial charge in [0.2, 0.25) is 0 Å². The maximum atomic E-state index is 5.18. The summed E-state index contributed by atoms with van der Waals surface area (Å²) in [6.07, 6.45) is 2.06. The van der Waals surface area contributed by atoms with Crippen LogP contribution in [0.15, 0.2) is 0 Å². The Kier molecular flexibility index (Phi) is 15.5. The van der Waals surface area contributed by atoms with Crippen molar-refractivity contribution < 1.29 is 4.74 Å². The van der Waals surface area contributed by atoms with Gasteiger partial charge in [-0.25, -0.2) is 0 Å². The first kappa shape index (κ1) is 12.3. The van der Waals surface area contributed by atoms with Crippen LogP contribution in [0.1, 0.15) is 0 Å². The maximum absolute atomic E-state index is 5.18. The molecule has 9 heavy (non-hydrogen) atoms. The van der Waals surface area contributed by atoms with Gasteiger partial charge < -0.3 is 10.5 Å². The average Bonchev–Trinajstić information content (AvgIpc) is 1.81. The molecule has 0 aromatic carbocycles. The normalized spacial score (nSPS) is 8.67. The van der Waals surface area contributed by atoms with Crippen LogP contribution in [0.5, 0.6) is 0 Å². The van der Waals surface area contributed by atoms with Gasteiger partial charge >= 0.3 is 0 Å². The van der Waals surface area contributed by atoms with Gasteiger partial charge in [0.25, 0.3) is 0 Å². The third-order valence-electron chi connectivity index (χ3n) is 0.694. The highest BCUT2D eigenvalue weighted by molar-refractivity contribution is 7.98. The van der Waals surface area contributed by atoms with Gasteiger partial charge in [0, 0.05) is 12.3 Å². The number of rotatable bonds is 5. The van der Waals surface area contributed by atoms with Crippen LogP contribution in [0, 0.1) is 0 Å². The van der Waals surface area contributed by atoms with Crippen LogP contribution in [0.2, 0.25) is 0 Å². The summed E-state index contributed by atoms with van der Waals surface area (Å²) in [6.45, 7) is 2.16. The zero-order valence-electron chi connectivity index (χ0n) is 5.63. The Hall–Kier alpha value is 0.560. The standard InChI is InChI=1S/C5H13NOS.ClH/c1-8-5-4-7-3-2-6;/h2-6H2,1H3;1H. The molecule has 4 heteroatoms. The Balaban J connectivity index is 0. The third-order valence-corrected chi connectivity index (χ3v) is 1.27. The number of nitrogens with two attached hydrogens (primary N) is 1. The largest absolute Gasteiger partial charge is 0.379 e. The lowest BCUT2D eigenvalue weighted by Gasteiger charge is -1.97. The number of halogens is 1. The van der Waals surface area contributed by atoms with Crippen molar-refractivity contribution in [3.8, 4) is 0 Å². The van der Waals surface area contributed by atoms with Crippen LogP contribution >= 0.6 is 24.2 Å². The molecular weight excluding hydrogens is 158 g/mol. The van der Waals surface area contributed by atoms with Crippen LogP contribution in [-0.2, 0) is 4.74 Å². The van der Waals surface area contributed by atoms with Gasteiger partial charge in [-0.15, -0.1) is 12.4 Å². The van der Waals surface area contributed by atoms with Crippen molar-refractivity contribution in [3.05, 3.63) is 0 Å². The maximum Gasteiger partial charge on any atom is 0.0589 e. The predicted octanol–water partition coefficient (Wildman–Crippen LogP) is 0.746. The Morgan fingerprint density at radius 3 is 2.56 bits per heavy atom. The molecule has 2 nitrogen and oxygen atoms in total. The molecular formula is C5H14ClNOS. The van der Waals surface area contributed by atoms with E-state index in [0.29, 0.717) is 13.2 Å². The fraction of sp³-hybridized carbons (Fsp3) is 1.00. The van der Waals surface area contributed by atoms with E-state index in [1.165, 1.54) is 0 Å². The number of thioether (sulfide) groups is 1. The van der Waals surface area contributed by atoms with Crippen LogP contribution in [-0.4, -0.2) is 31.8 Å². The molecule has 0 fully saturated rings. The molecule has 0 aliphatic heterocycles. The molecule has 0 saturated heterocycles. The van der Waals surface area contributed by atoms with Crippen molar-refractivity contribution in [2.45, 2.75) is 0 Å². The zero-order chi connectivity index (χ0) is 6.24. The highest BCUT2D eigenvalue weighted by atomic mass is 35.5. The fourth-order valence-corrected chi connectivity index (χ4v) is 0.612. The number of hydrogen-bond donors (Lipinski definition) is 1. The van der Waals surface area contributed by atoms with E-state index in [4.69, 9.17) is 10.5 Å². The van der Waals surface area contributed by atoms with E-state index in [1.54, 1.807) is 11.8 Å². The van der Waals surface area contributed by atoms with Gasteiger partial charge in [-0.2, -0.15) is 11.8 Å². The molecule has 2 N–H and O–H groups in total. The van der Waals surface area contributed by atoms with Crippen LogP contribution in [0.3, 0.4) is 0 Å². The summed E-state index contributed by atoms with van der Waals surface area (Å²) in [5.74, 6) is 1.07. The first-order valence-electron chi connectivity index (χ1n) is 2.68. The summed E-state index contributed by atoms with van der Waals surface area (Å²) >= 11 is 1.79. The van der Waals surface area contributed by atoms with Gasteiger partial charge in [0.15, 0.2) is 0 Å². The van der Waals surface area contributed by atoms with Crippen LogP contribution in [0.4, 0.5) is 0 Å². The smallest absolute Gasteiger partial charge is 0.0589 e. The molecule has 0 bridgehead atoms. The van der Waals surface area contributed by atoms with E-state index in [1.807, 2.05) is 0 Å². The van der Waals surface area contributed by atoms with Gasteiger partial charge in [-0.05, 0) is 6.26 Å². The van der Waals surface area contributed by atoms with Crippen molar-refractivity contribution >= 4 is 24.2 Å². The van der Waals surface area contributed by atoms with E-state index in [2.05, 4.69) is 6.26 Å². The van der Waals surface area contributed by atoms with E-state index in [-0.39, 0.29) is 12.4 Å². The highest BCUT2D eigenvalue weighted by Crippen LogP contribution is 1.89. The third kappa shape index (κ3) is 11.9. The molecule has 0 atom stereocenters. The summed E-state index contributed by atoms with van der Waals surface area (Å²) in [7, 11) is 0. The predicted molar refractivity (Wildman–Crippen MR) is 45.5 cm³/mol. The summed E-state index contributed by atoms with van der Waals surface area (Å²) in [5.41, 5.74) is 5.18. The van der Waals surface area contributed by atoms with Gasteiger partial charge in [0.05, 0.1) is 13.2 Å². The van der Waals surface area contributed by atoms with Gasteiger partial charge in [-0.3, -0.25) is 0 Å². The summed E-state index contributed by atoms with van der Waals surface area (Å²) in [6, 6.07) is 0. The van der Waals surface area contributed by atoms with Gasteiger partial charge in [0.1, 0.15) is 0 Å². The molecule has 0 unspecified atom stereocenters. The highest BCUT2D eigenvalue weighted by Gasteiger charge is 1.82. The lowest BCUT2D eigenvalue weighted by Crippen LogP contribution is -2.09. The summed E-state index contributed by atoms with van der Waals surface area (Å²) in [4.78, 5) is 0. The molecule has 0 aliphatic carbocycles. The summed E-state index contributed by atoms with van der Waals surface area (Å²) < 4.78 is 5.08. The Labute approximate surface area is 66.9 Å². The molecule has 0 spiro atoms. The van der Waals surface area contributed by atoms with E-state index in [9.17, 15) is 0 Å². The van der Waals surface area contributed by atoms with Crippen LogP contribution in [0.25, 0.3) is 0 Å². The molecule has 0 rings (SSSR count). The summed E-state index contributed by atoms with van der Waals surface area (Å²) in [5, 5.41) is 0. The monoisotopic (exact) mass is 171 g/mol. The van der Waals surface area contributed by atoms with Crippen molar-refractivity contribution in [1.29, 1.82) is 0 Å². The molecule has 0 saturated carbocycles. The van der Waals surface area contributed by atoms with E-state index >= 15 is 0 Å². The minimum Gasteiger partial charge on any atom is -0.379 e. The zero-order valence-corrected chi connectivity index (χ0v) is 7.26. The lowest BCUT2D eigenvalue weighted by atomic mass is 10.7. The van der Waals surface area contributed by atoms with Crippen molar-refractivity contribution in [3.63, 3.8) is 0 Å². The molecule has 58 valence electrons. The van der Waals surface area contributed by atoms with Crippen molar-refractivity contribution in [1.82, 2.24) is 0 Å². The fourth-order valence-electron chi connectivity index (χ4n) is 0.328. The second kappa shape index (κ2) is 11.4. The van der Waals surface area contributed by atoms with Crippen LogP contribution < -0.4 is 5.73 Å². The SMILES string of the molecule is CSCCOCCN.Cl. The molecule has 0 aliphatic rings. The molecule has 0 heterocycles. The van der Waals surface area contributed by atoms with Crippen molar-refractivity contribution in [2.24, 2.45) is 5.73 Å². The average molecular weight is 172 g/mol. The first-order chi connectivity index (χ1) is 3.91. The van der Waals surface area contributed by atoms with Gasteiger partial charge in [-0.1, -0.05) is 0 Å². The quantitative estimate of drug-likeness (QED) is 0.621. The number of ether oxygens (including phenoxy) is 1. The lowest BCUT2D eigenvalue weighted by molar-refractivity contribution is 0.158. The van der Waals surface area contributed by atoms with E-state index in [0.717, 1.165) is 12.4 Å². The van der Waals surface area contributed by atoms with Crippen molar-refractivity contribution in [2.75, 3.05) is 31.8 Å². The topological polar surface area (TPSA) is 35.2 Å². The Morgan fingerprint density at radius 2 is 2.11 bits per heavy atom. The first-order valence-corrected chi connectivity index (χ1v) is 4.08. The Morgan fingerprint density at radius 1 is 1.44 bits per heavy atom. The molecule has 0 aromatic heterocycles. The molecule has 0 aromatic rings. The second-order valence-electron chi connectivity index (χ2n) is 1.39. The molecule has 0 amide bonds. The van der Waals surface area contributed by atoms with E-state index < -0.39 is 0 Å². The second-order valence-corrected chi connectivity index (χ2v) is 2.38. The number of hydrogen-bond acceptors (Lipinski definition) is 3.